The summed E-state index contributed by atoms with van der Waals surface area (Å²) < 4.78 is 48.7. The average molecular weight is 298 g/mol. The van der Waals surface area contributed by atoms with Gasteiger partial charge in [0.2, 0.25) is 0 Å². The number of rotatable bonds is 5. The first-order chi connectivity index (χ1) is 9.50. The van der Waals surface area contributed by atoms with E-state index in [9.17, 15) is 13.3 Å². The molecule has 0 saturated carbocycles. The van der Waals surface area contributed by atoms with Crippen LogP contribution in [0.25, 0.3) is 0 Å². The van der Waals surface area contributed by atoms with Gasteiger partial charge in [-0.05, 0) is 48.5 Å². The maximum Gasteiger partial charge on any atom is 0.430 e. The highest BCUT2D eigenvalue weighted by Gasteiger charge is 2.25. The second kappa shape index (κ2) is 6.06. The third-order valence-electron chi connectivity index (χ3n) is 2.50. The molecule has 0 radical (unpaired) electrons. The first-order valence-electron chi connectivity index (χ1n) is 6.00. The Morgan fingerprint density at radius 3 is 1.50 bits per heavy atom. The first kappa shape index (κ1) is 14.5. The van der Waals surface area contributed by atoms with Crippen LogP contribution in [-0.4, -0.2) is 6.16 Å². The minimum atomic E-state index is -3.42. The van der Waals surface area contributed by atoms with E-state index in [0.29, 0.717) is 0 Å². The van der Waals surface area contributed by atoms with Gasteiger partial charge in [-0.15, -0.1) is 0 Å². The normalized spacial score (nSPS) is 11.2. The van der Waals surface area contributed by atoms with Crippen LogP contribution in [0.2, 0.25) is 0 Å². The van der Waals surface area contributed by atoms with Crippen molar-refractivity contribution in [3.8, 4) is 11.5 Å². The van der Waals surface area contributed by atoms with Gasteiger partial charge in [-0.3, -0.25) is 0 Å². The summed E-state index contributed by atoms with van der Waals surface area (Å²) in [5, 5.41) is 0. The zero-order chi connectivity index (χ0) is 14.6. The van der Waals surface area contributed by atoms with Crippen molar-refractivity contribution in [2.75, 3.05) is 6.16 Å². The van der Waals surface area contributed by atoms with Crippen molar-refractivity contribution < 1.29 is 22.4 Å². The second-order valence-corrected chi connectivity index (χ2v) is 6.24. The van der Waals surface area contributed by atoms with Crippen molar-refractivity contribution in [3.05, 3.63) is 60.2 Å². The van der Waals surface area contributed by atoms with Gasteiger partial charge < -0.3 is 9.05 Å². The number of halogens is 2. The third kappa shape index (κ3) is 3.81. The molecule has 0 atom stereocenters. The van der Waals surface area contributed by atoms with E-state index in [2.05, 4.69) is 0 Å². The minimum Gasteiger partial charge on any atom is -0.416 e. The molecule has 2 aromatic rings. The van der Waals surface area contributed by atoms with Crippen LogP contribution in [0.1, 0.15) is 6.92 Å². The molecule has 0 N–H and O–H groups in total. The maximum absolute atomic E-state index is 12.8. The summed E-state index contributed by atoms with van der Waals surface area (Å²) in [5.41, 5.74) is 0. The minimum absolute atomic E-state index is 0.127. The van der Waals surface area contributed by atoms with E-state index >= 15 is 0 Å². The summed E-state index contributed by atoms with van der Waals surface area (Å²) in [6.07, 6.45) is 0.127. The molecule has 0 aliphatic heterocycles. The van der Waals surface area contributed by atoms with Gasteiger partial charge in [-0.1, -0.05) is 6.92 Å². The van der Waals surface area contributed by atoms with Crippen molar-refractivity contribution in [1.82, 2.24) is 0 Å². The molecule has 3 nitrogen and oxygen atoms in total. The predicted molar refractivity (Wildman–Crippen MR) is 72.2 cm³/mol. The van der Waals surface area contributed by atoms with E-state index < -0.39 is 19.2 Å². The largest absolute Gasteiger partial charge is 0.430 e. The summed E-state index contributed by atoms with van der Waals surface area (Å²) in [4.78, 5) is 0. The zero-order valence-electron chi connectivity index (χ0n) is 10.8. The molecule has 0 aliphatic rings. The molecule has 20 heavy (non-hydrogen) atoms. The van der Waals surface area contributed by atoms with Gasteiger partial charge in [0.25, 0.3) is 0 Å². The second-order valence-electron chi connectivity index (χ2n) is 4.02. The molecule has 0 fully saturated rings. The van der Waals surface area contributed by atoms with Crippen LogP contribution in [-0.2, 0) is 4.57 Å². The van der Waals surface area contributed by atoms with Crippen LogP contribution in [0.4, 0.5) is 8.78 Å². The highest BCUT2D eigenvalue weighted by Crippen LogP contribution is 2.48. The van der Waals surface area contributed by atoms with E-state index in [1.165, 1.54) is 48.5 Å². The van der Waals surface area contributed by atoms with Crippen molar-refractivity contribution in [1.29, 1.82) is 0 Å². The summed E-state index contributed by atoms with van der Waals surface area (Å²) in [7, 11) is -3.42. The third-order valence-corrected chi connectivity index (χ3v) is 4.26. The molecule has 0 unspecified atom stereocenters. The Morgan fingerprint density at radius 2 is 1.20 bits per heavy atom. The van der Waals surface area contributed by atoms with Gasteiger partial charge in [0, 0.05) is 0 Å². The smallest absolute Gasteiger partial charge is 0.416 e. The van der Waals surface area contributed by atoms with E-state index in [-0.39, 0.29) is 17.7 Å². The van der Waals surface area contributed by atoms with E-state index in [4.69, 9.17) is 9.05 Å². The predicted octanol–water partition coefficient (Wildman–Crippen LogP) is 4.64. The summed E-state index contributed by atoms with van der Waals surface area (Å²) in [6, 6.07) is 10.3. The number of hydrogen-bond donors (Lipinski definition) is 0. The molecular weight excluding hydrogens is 285 g/mol. The van der Waals surface area contributed by atoms with Crippen LogP contribution < -0.4 is 9.05 Å². The monoisotopic (exact) mass is 298 g/mol. The maximum atomic E-state index is 12.8. The van der Waals surface area contributed by atoms with Crippen LogP contribution in [0.3, 0.4) is 0 Å². The Morgan fingerprint density at radius 1 is 0.850 bits per heavy atom. The molecule has 0 spiro atoms. The van der Waals surface area contributed by atoms with Gasteiger partial charge in [0.1, 0.15) is 23.1 Å². The highest BCUT2D eigenvalue weighted by atomic mass is 31.2. The van der Waals surface area contributed by atoms with Crippen molar-refractivity contribution in [3.63, 3.8) is 0 Å². The summed E-state index contributed by atoms with van der Waals surface area (Å²) in [5.74, 6) is -0.330. The first-order valence-corrected chi connectivity index (χ1v) is 7.73. The lowest BCUT2D eigenvalue weighted by Gasteiger charge is -2.18. The van der Waals surface area contributed by atoms with E-state index in [0.717, 1.165) is 0 Å². The fraction of sp³-hybridized carbons (Fsp3) is 0.143. The van der Waals surface area contributed by atoms with Crippen molar-refractivity contribution in [2.45, 2.75) is 6.92 Å². The van der Waals surface area contributed by atoms with Crippen molar-refractivity contribution in [2.24, 2.45) is 0 Å². The van der Waals surface area contributed by atoms with Gasteiger partial charge in [0.05, 0.1) is 6.16 Å². The number of benzene rings is 2. The van der Waals surface area contributed by atoms with Crippen LogP contribution in [0, 0.1) is 11.6 Å². The zero-order valence-corrected chi connectivity index (χ0v) is 11.6. The molecular formula is C14H13F2O3P. The van der Waals surface area contributed by atoms with Crippen molar-refractivity contribution >= 4 is 7.60 Å². The fourth-order valence-corrected chi connectivity index (χ4v) is 2.64. The molecule has 0 aromatic heterocycles. The highest BCUT2D eigenvalue weighted by molar-refractivity contribution is 7.54. The Balaban J connectivity index is 2.14. The molecule has 0 heterocycles. The molecule has 2 rings (SSSR count). The van der Waals surface area contributed by atoms with Crippen LogP contribution in [0.15, 0.2) is 48.5 Å². The van der Waals surface area contributed by atoms with Gasteiger partial charge in [-0.2, -0.15) is 0 Å². The molecule has 2 aromatic carbocycles. The molecule has 0 aliphatic carbocycles. The van der Waals surface area contributed by atoms with Crippen LogP contribution in [0.5, 0.6) is 11.5 Å². The SMILES string of the molecule is CCP(=O)(Oc1ccc(F)cc1)Oc1ccc(F)cc1. The summed E-state index contributed by atoms with van der Waals surface area (Å²) >= 11 is 0. The molecule has 106 valence electrons. The van der Waals surface area contributed by atoms with E-state index in [1.54, 1.807) is 6.92 Å². The lowest BCUT2D eigenvalue weighted by atomic mass is 10.3. The van der Waals surface area contributed by atoms with Gasteiger partial charge in [-0.25, -0.2) is 13.3 Å². The molecule has 0 amide bonds. The lowest BCUT2D eigenvalue weighted by Crippen LogP contribution is -2.03. The lowest BCUT2D eigenvalue weighted by molar-refractivity contribution is 0.387. The molecule has 6 heteroatoms. The molecule has 0 saturated heterocycles. The number of hydrogen-bond acceptors (Lipinski definition) is 3. The van der Waals surface area contributed by atoms with Gasteiger partial charge in [0.15, 0.2) is 0 Å². The van der Waals surface area contributed by atoms with E-state index in [1.807, 2.05) is 0 Å². The average Bonchev–Trinajstić information content (AvgIpc) is 2.44. The standard InChI is InChI=1S/C14H13F2O3P/c1-2-20(17,18-13-7-3-11(15)4-8-13)19-14-9-5-12(16)6-10-14/h3-10H,2H2,1H3. The Hall–Kier alpha value is -1.87. The quantitative estimate of drug-likeness (QED) is 0.755. The summed E-state index contributed by atoms with van der Waals surface area (Å²) in [6.45, 7) is 1.65. The molecule has 0 bridgehead atoms. The Labute approximate surface area is 115 Å². The topological polar surface area (TPSA) is 35.5 Å². The van der Waals surface area contributed by atoms with Gasteiger partial charge >= 0.3 is 7.60 Å². The van der Waals surface area contributed by atoms with Crippen LogP contribution >= 0.6 is 7.60 Å². The Kier molecular flexibility index (Phi) is 4.40. The Bertz CT molecular complexity index is 560. The fourth-order valence-electron chi connectivity index (χ4n) is 1.46.